The lowest BCUT2D eigenvalue weighted by atomic mass is 9.87. The first-order valence-corrected chi connectivity index (χ1v) is 6.79. The first kappa shape index (κ1) is 13.2. The molecule has 1 aliphatic rings. The van der Waals surface area contributed by atoms with Crippen LogP contribution in [0.3, 0.4) is 0 Å². The topological polar surface area (TPSA) is 44.5 Å². The Morgan fingerprint density at radius 1 is 1.39 bits per heavy atom. The van der Waals surface area contributed by atoms with Crippen molar-refractivity contribution in [3.8, 4) is 11.5 Å². The highest BCUT2D eigenvalue weighted by atomic mass is 16.5. The van der Waals surface area contributed by atoms with Crippen LogP contribution in [0.25, 0.3) is 0 Å². The van der Waals surface area contributed by atoms with Gasteiger partial charge in [-0.15, -0.1) is 0 Å². The zero-order valence-corrected chi connectivity index (χ0v) is 11.5. The molecule has 1 unspecified atom stereocenters. The average Bonchev–Trinajstić information content (AvgIpc) is 2.39. The summed E-state index contributed by atoms with van der Waals surface area (Å²) in [5.74, 6) is 2.30. The van der Waals surface area contributed by atoms with Gasteiger partial charge in [-0.05, 0) is 24.8 Å². The van der Waals surface area contributed by atoms with Gasteiger partial charge < -0.3 is 15.2 Å². The SMILES string of the molecule is CCC(CC)C1C[C@@H](N)c2ccc(OC)cc2O1. The Bertz CT molecular complexity index is 401. The van der Waals surface area contributed by atoms with E-state index in [0.717, 1.165) is 36.3 Å². The Hall–Kier alpha value is -1.22. The van der Waals surface area contributed by atoms with Crippen molar-refractivity contribution in [3.05, 3.63) is 23.8 Å². The molecule has 0 spiro atoms. The van der Waals surface area contributed by atoms with Crippen molar-refractivity contribution >= 4 is 0 Å². The summed E-state index contributed by atoms with van der Waals surface area (Å²) in [6.45, 7) is 4.42. The van der Waals surface area contributed by atoms with Crippen molar-refractivity contribution in [1.82, 2.24) is 0 Å². The van der Waals surface area contributed by atoms with Crippen LogP contribution in [0.5, 0.6) is 11.5 Å². The Balaban J connectivity index is 2.25. The second kappa shape index (κ2) is 5.61. The Morgan fingerprint density at radius 2 is 2.11 bits per heavy atom. The van der Waals surface area contributed by atoms with Crippen molar-refractivity contribution in [1.29, 1.82) is 0 Å². The van der Waals surface area contributed by atoms with E-state index in [1.165, 1.54) is 0 Å². The van der Waals surface area contributed by atoms with E-state index in [4.69, 9.17) is 15.2 Å². The van der Waals surface area contributed by atoms with E-state index in [1.54, 1.807) is 7.11 Å². The predicted molar refractivity (Wildman–Crippen MR) is 73.0 cm³/mol. The van der Waals surface area contributed by atoms with Crippen molar-refractivity contribution in [2.45, 2.75) is 45.3 Å². The lowest BCUT2D eigenvalue weighted by molar-refractivity contribution is 0.0941. The third-order valence-corrected chi connectivity index (χ3v) is 3.96. The van der Waals surface area contributed by atoms with Gasteiger partial charge in [-0.1, -0.05) is 19.9 Å². The number of nitrogens with two attached hydrogens (primary N) is 1. The van der Waals surface area contributed by atoms with Gasteiger partial charge in [0.1, 0.15) is 17.6 Å². The minimum absolute atomic E-state index is 0.0743. The highest BCUT2D eigenvalue weighted by Crippen LogP contribution is 2.38. The molecule has 0 aliphatic carbocycles. The van der Waals surface area contributed by atoms with Crippen molar-refractivity contribution in [2.24, 2.45) is 11.7 Å². The van der Waals surface area contributed by atoms with E-state index >= 15 is 0 Å². The van der Waals surface area contributed by atoms with Crippen LogP contribution >= 0.6 is 0 Å². The number of benzene rings is 1. The van der Waals surface area contributed by atoms with Gasteiger partial charge >= 0.3 is 0 Å². The zero-order chi connectivity index (χ0) is 13.1. The molecule has 1 heterocycles. The molecule has 18 heavy (non-hydrogen) atoms. The van der Waals surface area contributed by atoms with Crippen molar-refractivity contribution < 1.29 is 9.47 Å². The number of methoxy groups -OCH3 is 1. The number of fused-ring (bicyclic) bond motifs is 1. The number of hydrogen-bond acceptors (Lipinski definition) is 3. The molecule has 1 aliphatic heterocycles. The summed E-state index contributed by atoms with van der Waals surface area (Å²) in [4.78, 5) is 0. The van der Waals surface area contributed by atoms with E-state index in [9.17, 15) is 0 Å². The largest absolute Gasteiger partial charge is 0.497 e. The summed E-state index contributed by atoms with van der Waals surface area (Å²) in [7, 11) is 1.67. The quantitative estimate of drug-likeness (QED) is 0.890. The molecule has 0 saturated carbocycles. The van der Waals surface area contributed by atoms with Gasteiger partial charge in [0.25, 0.3) is 0 Å². The van der Waals surface area contributed by atoms with Gasteiger partial charge in [-0.25, -0.2) is 0 Å². The summed E-state index contributed by atoms with van der Waals surface area (Å²) in [5.41, 5.74) is 7.35. The second-order valence-corrected chi connectivity index (χ2v) is 4.98. The third kappa shape index (κ3) is 2.46. The van der Waals surface area contributed by atoms with Crippen LogP contribution in [-0.2, 0) is 0 Å². The fraction of sp³-hybridized carbons (Fsp3) is 0.600. The van der Waals surface area contributed by atoms with E-state index in [-0.39, 0.29) is 12.1 Å². The zero-order valence-electron chi connectivity index (χ0n) is 11.5. The molecule has 3 nitrogen and oxygen atoms in total. The van der Waals surface area contributed by atoms with Crippen LogP contribution in [0.15, 0.2) is 18.2 Å². The van der Waals surface area contributed by atoms with E-state index in [1.807, 2.05) is 18.2 Å². The second-order valence-electron chi connectivity index (χ2n) is 4.98. The number of ether oxygens (including phenoxy) is 2. The highest BCUT2D eigenvalue weighted by Gasteiger charge is 2.30. The van der Waals surface area contributed by atoms with Crippen LogP contribution in [0.1, 0.15) is 44.7 Å². The third-order valence-electron chi connectivity index (χ3n) is 3.96. The number of rotatable bonds is 4. The molecule has 100 valence electrons. The molecule has 0 saturated heterocycles. The van der Waals surface area contributed by atoms with Crippen molar-refractivity contribution in [2.75, 3.05) is 7.11 Å². The summed E-state index contributed by atoms with van der Waals surface area (Å²) in [6, 6.07) is 5.98. The van der Waals surface area contributed by atoms with Crippen molar-refractivity contribution in [3.63, 3.8) is 0 Å². The molecule has 2 atom stereocenters. The molecule has 0 amide bonds. The molecule has 1 aromatic carbocycles. The maximum absolute atomic E-state index is 6.25. The summed E-state index contributed by atoms with van der Waals surface area (Å²) in [5, 5.41) is 0. The smallest absolute Gasteiger partial charge is 0.128 e. The van der Waals surface area contributed by atoms with Gasteiger partial charge in [-0.2, -0.15) is 0 Å². The predicted octanol–water partition coefficient (Wildman–Crippen LogP) is 3.28. The number of hydrogen-bond donors (Lipinski definition) is 1. The minimum Gasteiger partial charge on any atom is -0.497 e. The lowest BCUT2D eigenvalue weighted by Gasteiger charge is -2.34. The normalized spacial score (nSPS) is 22.5. The summed E-state index contributed by atoms with van der Waals surface area (Å²) >= 11 is 0. The van der Waals surface area contributed by atoms with Crippen LogP contribution in [0.4, 0.5) is 0 Å². The van der Waals surface area contributed by atoms with Gasteiger partial charge in [0.15, 0.2) is 0 Å². The maximum atomic E-state index is 6.25. The fourth-order valence-corrected chi connectivity index (χ4v) is 2.74. The highest BCUT2D eigenvalue weighted by molar-refractivity contribution is 5.43. The lowest BCUT2D eigenvalue weighted by Crippen LogP contribution is -2.34. The van der Waals surface area contributed by atoms with E-state index in [0.29, 0.717) is 5.92 Å². The molecule has 1 aromatic rings. The molecular formula is C15H23NO2. The maximum Gasteiger partial charge on any atom is 0.128 e. The van der Waals surface area contributed by atoms with Crippen LogP contribution in [0, 0.1) is 5.92 Å². The monoisotopic (exact) mass is 249 g/mol. The minimum atomic E-state index is 0.0743. The molecule has 2 N–H and O–H groups in total. The Labute approximate surface area is 109 Å². The molecule has 0 fully saturated rings. The summed E-state index contributed by atoms with van der Waals surface area (Å²) < 4.78 is 11.4. The van der Waals surface area contributed by atoms with Crippen LogP contribution in [-0.4, -0.2) is 13.2 Å². The fourth-order valence-electron chi connectivity index (χ4n) is 2.74. The van der Waals surface area contributed by atoms with Crippen LogP contribution in [0.2, 0.25) is 0 Å². The molecular weight excluding hydrogens is 226 g/mol. The first-order valence-electron chi connectivity index (χ1n) is 6.79. The summed E-state index contributed by atoms with van der Waals surface area (Å²) in [6.07, 6.45) is 3.40. The molecule has 2 rings (SSSR count). The van der Waals surface area contributed by atoms with E-state index in [2.05, 4.69) is 13.8 Å². The van der Waals surface area contributed by atoms with Gasteiger partial charge in [0.05, 0.1) is 7.11 Å². The van der Waals surface area contributed by atoms with Crippen LogP contribution < -0.4 is 15.2 Å². The van der Waals surface area contributed by atoms with Gasteiger partial charge in [0, 0.05) is 24.1 Å². The Morgan fingerprint density at radius 3 is 2.72 bits per heavy atom. The van der Waals surface area contributed by atoms with E-state index < -0.39 is 0 Å². The van der Waals surface area contributed by atoms with Gasteiger partial charge in [-0.3, -0.25) is 0 Å². The Kier molecular flexibility index (Phi) is 4.12. The molecule has 0 aromatic heterocycles. The van der Waals surface area contributed by atoms with Gasteiger partial charge in [0.2, 0.25) is 0 Å². The standard InChI is InChI=1S/C15H23NO2/c1-4-10(5-2)14-9-13(16)12-7-6-11(17-3)8-15(12)18-14/h6-8,10,13-14H,4-5,9,16H2,1-3H3/t13-,14?/m1/s1. The first-order chi connectivity index (χ1) is 8.69. The molecule has 3 heteroatoms. The average molecular weight is 249 g/mol. The molecule has 0 radical (unpaired) electrons. The molecule has 0 bridgehead atoms.